The van der Waals surface area contributed by atoms with E-state index in [0.29, 0.717) is 18.0 Å². The van der Waals surface area contributed by atoms with Gasteiger partial charge >= 0.3 is 0 Å². The first kappa shape index (κ1) is 19.6. The average molecular weight is 384 g/mol. The van der Waals surface area contributed by atoms with Crippen LogP contribution >= 0.6 is 23.4 Å². The van der Waals surface area contributed by atoms with E-state index in [2.05, 4.69) is 10.9 Å². The van der Waals surface area contributed by atoms with E-state index >= 15 is 0 Å². The molecule has 1 aromatic rings. The molecule has 1 fully saturated rings. The van der Waals surface area contributed by atoms with Crippen LogP contribution < -0.4 is 10.9 Å². The summed E-state index contributed by atoms with van der Waals surface area (Å²) >= 11 is 7.20. The molecule has 2 N–H and O–H groups in total. The molecule has 1 aromatic carbocycles. The van der Waals surface area contributed by atoms with Crippen molar-refractivity contribution in [3.63, 3.8) is 0 Å². The number of likely N-dealkylation sites (tertiary alicyclic amines) is 1. The van der Waals surface area contributed by atoms with E-state index in [-0.39, 0.29) is 23.6 Å². The van der Waals surface area contributed by atoms with Crippen LogP contribution in [0.15, 0.2) is 29.2 Å². The second-order valence-corrected chi connectivity index (χ2v) is 7.73. The molecule has 0 radical (unpaired) electrons. The van der Waals surface area contributed by atoms with Crippen LogP contribution in [-0.4, -0.2) is 41.0 Å². The lowest BCUT2D eigenvalue weighted by atomic mass is 10.2. The van der Waals surface area contributed by atoms with Crippen molar-refractivity contribution in [1.82, 2.24) is 15.8 Å². The summed E-state index contributed by atoms with van der Waals surface area (Å²) in [6, 6.07) is 7.18. The number of amides is 3. The highest BCUT2D eigenvalue weighted by molar-refractivity contribution is 8.00. The van der Waals surface area contributed by atoms with Crippen LogP contribution in [0.3, 0.4) is 0 Å². The number of nitrogens with one attached hydrogen (secondary N) is 2. The van der Waals surface area contributed by atoms with Gasteiger partial charge in [-0.15, -0.1) is 11.8 Å². The molecular formula is C17H22ClN3O3S. The van der Waals surface area contributed by atoms with Gasteiger partial charge in [-0.3, -0.25) is 25.2 Å². The zero-order chi connectivity index (χ0) is 18.2. The number of thioether (sulfide) groups is 1. The SMILES string of the molecule is CC(Sc1ccc(Cl)cc1)C(=O)NNC(=O)CN1CCCCCC1=O. The lowest BCUT2D eigenvalue weighted by Gasteiger charge is -2.20. The van der Waals surface area contributed by atoms with Gasteiger partial charge < -0.3 is 4.90 Å². The smallest absolute Gasteiger partial charge is 0.257 e. The molecule has 0 aliphatic carbocycles. The van der Waals surface area contributed by atoms with Crippen molar-refractivity contribution in [3.8, 4) is 0 Å². The Morgan fingerprint density at radius 2 is 1.92 bits per heavy atom. The Balaban J connectivity index is 1.75. The van der Waals surface area contributed by atoms with Crippen molar-refractivity contribution in [3.05, 3.63) is 29.3 Å². The van der Waals surface area contributed by atoms with E-state index in [1.165, 1.54) is 11.8 Å². The minimum Gasteiger partial charge on any atom is -0.333 e. The molecule has 1 heterocycles. The number of nitrogens with zero attached hydrogens (tertiary/aromatic N) is 1. The molecule has 0 bridgehead atoms. The van der Waals surface area contributed by atoms with Gasteiger partial charge in [-0.05, 0) is 44.0 Å². The average Bonchev–Trinajstić information content (AvgIpc) is 2.79. The molecule has 25 heavy (non-hydrogen) atoms. The van der Waals surface area contributed by atoms with Gasteiger partial charge in [0.2, 0.25) is 5.91 Å². The molecule has 8 heteroatoms. The number of halogens is 1. The predicted molar refractivity (Wildman–Crippen MR) is 98.1 cm³/mol. The van der Waals surface area contributed by atoms with E-state index in [9.17, 15) is 14.4 Å². The van der Waals surface area contributed by atoms with Crippen LogP contribution in [0.2, 0.25) is 5.02 Å². The van der Waals surface area contributed by atoms with E-state index in [1.54, 1.807) is 24.0 Å². The van der Waals surface area contributed by atoms with Gasteiger partial charge in [0.15, 0.2) is 0 Å². The standard InChI is InChI=1S/C17H22ClN3O3S/c1-12(25-14-8-6-13(18)7-9-14)17(24)20-19-15(22)11-21-10-4-2-3-5-16(21)23/h6-9,12H,2-5,10-11H2,1H3,(H,19,22)(H,20,24). The molecule has 1 atom stereocenters. The molecule has 136 valence electrons. The molecule has 0 aromatic heterocycles. The monoisotopic (exact) mass is 383 g/mol. The third-order valence-corrected chi connectivity index (χ3v) is 5.19. The first-order chi connectivity index (χ1) is 12.0. The van der Waals surface area contributed by atoms with Gasteiger partial charge in [0.05, 0.1) is 5.25 Å². The van der Waals surface area contributed by atoms with E-state index in [4.69, 9.17) is 11.6 Å². The van der Waals surface area contributed by atoms with Crippen molar-refractivity contribution < 1.29 is 14.4 Å². The van der Waals surface area contributed by atoms with Gasteiger partial charge in [0.1, 0.15) is 6.54 Å². The normalized spacial score (nSPS) is 16.1. The quantitative estimate of drug-likeness (QED) is 0.604. The lowest BCUT2D eigenvalue weighted by Crippen LogP contribution is -2.49. The first-order valence-electron chi connectivity index (χ1n) is 8.24. The van der Waals surface area contributed by atoms with E-state index in [1.807, 2.05) is 12.1 Å². The summed E-state index contributed by atoms with van der Waals surface area (Å²) in [5.41, 5.74) is 4.79. The largest absolute Gasteiger partial charge is 0.333 e. The Hall–Kier alpha value is -1.73. The van der Waals surface area contributed by atoms with Crippen LogP contribution in [0.1, 0.15) is 32.6 Å². The van der Waals surface area contributed by atoms with Gasteiger partial charge in [-0.1, -0.05) is 18.0 Å². The number of hydrogen-bond acceptors (Lipinski definition) is 4. The fourth-order valence-corrected chi connectivity index (χ4v) is 3.42. The van der Waals surface area contributed by atoms with Crippen LogP contribution in [0.5, 0.6) is 0 Å². The molecule has 0 spiro atoms. The van der Waals surface area contributed by atoms with E-state index < -0.39 is 5.91 Å². The minimum atomic E-state index is -0.396. The first-order valence-corrected chi connectivity index (χ1v) is 9.50. The second kappa shape index (κ2) is 9.68. The number of hydrazine groups is 1. The summed E-state index contributed by atoms with van der Waals surface area (Å²) in [4.78, 5) is 38.3. The number of carbonyl (C=O) groups is 3. The predicted octanol–water partition coefficient (Wildman–Crippen LogP) is 2.37. The number of rotatable bonds is 5. The van der Waals surface area contributed by atoms with E-state index in [0.717, 1.165) is 24.2 Å². The summed E-state index contributed by atoms with van der Waals surface area (Å²) in [5, 5.41) is 0.248. The topological polar surface area (TPSA) is 78.5 Å². The Morgan fingerprint density at radius 3 is 2.64 bits per heavy atom. The molecule has 3 amide bonds. The fourth-order valence-electron chi connectivity index (χ4n) is 2.42. The van der Waals surface area contributed by atoms with Crippen molar-refractivity contribution in [1.29, 1.82) is 0 Å². The molecule has 0 saturated carbocycles. The number of carbonyl (C=O) groups excluding carboxylic acids is 3. The van der Waals surface area contributed by atoms with Crippen LogP contribution in [0.25, 0.3) is 0 Å². The summed E-state index contributed by atoms with van der Waals surface area (Å²) in [7, 11) is 0. The summed E-state index contributed by atoms with van der Waals surface area (Å²) < 4.78 is 0. The lowest BCUT2D eigenvalue weighted by molar-refractivity contribution is -0.136. The summed E-state index contributed by atoms with van der Waals surface area (Å²) in [6.45, 7) is 2.31. The van der Waals surface area contributed by atoms with Crippen LogP contribution in [0.4, 0.5) is 0 Å². The molecular weight excluding hydrogens is 362 g/mol. The maximum atomic E-state index is 12.1. The molecule has 6 nitrogen and oxygen atoms in total. The third-order valence-electron chi connectivity index (χ3n) is 3.83. The van der Waals surface area contributed by atoms with Gasteiger partial charge in [0.25, 0.3) is 11.8 Å². The van der Waals surface area contributed by atoms with Gasteiger partial charge in [-0.25, -0.2) is 0 Å². The van der Waals surface area contributed by atoms with Crippen molar-refractivity contribution in [2.24, 2.45) is 0 Å². The van der Waals surface area contributed by atoms with Crippen LogP contribution in [-0.2, 0) is 14.4 Å². The minimum absolute atomic E-state index is 0.00867. The number of benzene rings is 1. The maximum Gasteiger partial charge on any atom is 0.257 e. The van der Waals surface area contributed by atoms with Crippen molar-refractivity contribution in [2.75, 3.05) is 13.1 Å². The Kier molecular flexibility index (Phi) is 7.58. The Labute approximate surface area is 156 Å². The summed E-state index contributed by atoms with van der Waals surface area (Å²) in [5.74, 6) is -0.714. The Morgan fingerprint density at radius 1 is 1.20 bits per heavy atom. The summed E-state index contributed by atoms with van der Waals surface area (Å²) in [6.07, 6.45) is 3.25. The molecule has 1 aliphatic rings. The van der Waals surface area contributed by atoms with Crippen molar-refractivity contribution in [2.45, 2.75) is 42.8 Å². The third kappa shape index (κ3) is 6.59. The number of hydrogen-bond donors (Lipinski definition) is 2. The highest BCUT2D eigenvalue weighted by Crippen LogP contribution is 2.24. The molecule has 1 aliphatic heterocycles. The van der Waals surface area contributed by atoms with Crippen LogP contribution in [0, 0.1) is 0 Å². The fraction of sp³-hybridized carbons (Fsp3) is 0.471. The zero-order valence-corrected chi connectivity index (χ0v) is 15.7. The zero-order valence-electron chi connectivity index (χ0n) is 14.1. The highest BCUT2D eigenvalue weighted by Gasteiger charge is 2.20. The van der Waals surface area contributed by atoms with Crippen molar-refractivity contribution >= 4 is 41.1 Å². The Bertz CT molecular complexity index is 624. The van der Waals surface area contributed by atoms with Gasteiger partial charge in [-0.2, -0.15) is 0 Å². The molecule has 1 unspecified atom stereocenters. The highest BCUT2D eigenvalue weighted by atomic mass is 35.5. The maximum absolute atomic E-state index is 12.1. The van der Waals surface area contributed by atoms with Gasteiger partial charge in [0, 0.05) is 22.9 Å². The molecule has 1 saturated heterocycles. The second-order valence-electron chi connectivity index (χ2n) is 5.88. The molecule has 2 rings (SSSR count).